The molecule has 0 aromatic heterocycles. The van der Waals surface area contributed by atoms with Crippen LogP contribution in [0.3, 0.4) is 0 Å². The third-order valence-corrected chi connectivity index (χ3v) is 9.41. The van der Waals surface area contributed by atoms with Gasteiger partial charge in [-0.2, -0.15) is 8.61 Å². The van der Waals surface area contributed by atoms with E-state index in [1.54, 1.807) is 31.2 Å². The van der Waals surface area contributed by atoms with Crippen LogP contribution in [0, 0.1) is 0 Å². The van der Waals surface area contributed by atoms with E-state index in [9.17, 15) is 21.6 Å². The topological polar surface area (TPSA) is 104 Å². The largest absolute Gasteiger partial charge is 0.351 e. The van der Waals surface area contributed by atoms with Crippen molar-refractivity contribution in [3.8, 4) is 0 Å². The van der Waals surface area contributed by atoms with Crippen molar-refractivity contribution >= 4 is 26.0 Å². The molecule has 2 saturated heterocycles. The molecule has 8 nitrogen and oxygen atoms in total. The lowest BCUT2D eigenvalue weighted by Crippen LogP contribution is -2.46. The van der Waals surface area contributed by atoms with Gasteiger partial charge < -0.3 is 5.32 Å². The Balaban J connectivity index is 1.60. The highest BCUT2D eigenvalue weighted by atomic mass is 32.2. The standard InChI is InChI=1S/C19H29N3O5S2/c1-2-14-28(24,25)22-13-5-6-18(22)19(23)20-15-16-7-9-17(10-8-16)29(26,27)21-11-3-4-12-21/h7-10,18H,2-6,11-15H2,1H3,(H,20,23). The van der Waals surface area contributed by atoms with Gasteiger partial charge in [-0.05, 0) is 49.8 Å². The molecule has 1 unspecified atom stereocenters. The monoisotopic (exact) mass is 443 g/mol. The minimum atomic E-state index is -3.46. The smallest absolute Gasteiger partial charge is 0.243 e. The van der Waals surface area contributed by atoms with Crippen molar-refractivity contribution in [1.29, 1.82) is 0 Å². The van der Waals surface area contributed by atoms with E-state index in [1.165, 1.54) is 8.61 Å². The Hall–Kier alpha value is -1.49. The van der Waals surface area contributed by atoms with E-state index in [4.69, 9.17) is 0 Å². The molecule has 1 aromatic rings. The summed E-state index contributed by atoms with van der Waals surface area (Å²) in [5.74, 6) is -0.264. The second-order valence-corrected chi connectivity index (χ2v) is 11.5. The average Bonchev–Trinajstić information content (AvgIpc) is 3.38. The van der Waals surface area contributed by atoms with E-state index in [1.807, 2.05) is 0 Å². The van der Waals surface area contributed by atoms with Gasteiger partial charge in [0.2, 0.25) is 26.0 Å². The number of hydrogen-bond acceptors (Lipinski definition) is 5. The Morgan fingerprint density at radius 2 is 1.69 bits per heavy atom. The molecular formula is C19H29N3O5S2. The quantitative estimate of drug-likeness (QED) is 0.652. The molecule has 0 spiro atoms. The second kappa shape index (κ2) is 9.11. The highest BCUT2D eigenvalue weighted by Gasteiger charge is 2.37. The molecule has 29 heavy (non-hydrogen) atoms. The number of sulfonamides is 2. The first-order valence-electron chi connectivity index (χ1n) is 10.1. The molecule has 0 aliphatic carbocycles. The lowest BCUT2D eigenvalue weighted by molar-refractivity contribution is -0.124. The molecule has 3 rings (SSSR count). The molecular weight excluding hydrogens is 414 g/mol. The maximum Gasteiger partial charge on any atom is 0.243 e. The maximum absolute atomic E-state index is 12.6. The van der Waals surface area contributed by atoms with Crippen LogP contribution in [0.5, 0.6) is 0 Å². The molecule has 2 fully saturated rings. The molecule has 2 aliphatic heterocycles. The van der Waals surface area contributed by atoms with Gasteiger partial charge in [0.05, 0.1) is 10.6 Å². The van der Waals surface area contributed by atoms with E-state index < -0.39 is 26.1 Å². The lowest BCUT2D eigenvalue weighted by atomic mass is 10.2. The summed E-state index contributed by atoms with van der Waals surface area (Å²) in [6.07, 6.45) is 3.47. The first-order valence-corrected chi connectivity index (χ1v) is 13.2. The summed E-state index contributed by atoms with van der Waals surface area (Å²) in [5, 5.41) is 2.79. The number of carbonyl (C=O) groups is 1. The fourth-order valence-corrected chi connectivity index (χ4v) is 7.14. The summed E-state index contributed by atoms with van der Waals surface area (Å²) >= 11 is 0. The minimum Gasteiger partial charge on any atom is -0.351 e. The second-order valence-electron chi connectivity index (χ2n) is 7.56. The van der Waals surface area contributed by atoms with Gasteiger partial charge in [0.15, 0.2) is 0 Å². The minimum absolute atomic E-state index is 0.0454. The Bertz CT molecular complexity index is 923. The van der Waals surface area contributed by atoms with Crippen molar-refractivity contribution in [3.63, 3.8) is 0 Å². The van der Waals surface area contributed by atoms with Crippen molar-refractivity contribution in [2.45, 2.75) is 56.5 Å². The van der Waals surface area contributed by atoms with Crippen LogP contribution in [0.1, 0.15) is 44.6 Å². The summed E-state index contributed by atoms with van der Waals surface area (Å²) in [7, 11) is -6.87. The molecule has 1 atom stereocenters. The van der Waals surface area contributed by atoms with Gasteiger partial charge in [-0.1, -0.05) is 19.1 Å². The van der Waals surface area contributed by atoms with Crippen molar-refractivity contribution in [3.05, 3.63) is 29.8 Å². The molecule has 162 valence electrons. The van der Waals surface area contributed by atoms with Crippen LogP contribution in [0.2, 0.25) is 0 Å². The molecule has 0 bridgehead atoms. The van der Waals surface area contributed by atoms with Gasteiger partial charge in [0.25, 0.3) is 0 Å². The van der Waals surface area contributed by atoms with Crippen LogP contribution in [0.25, 0.3) is 0 Å². The zero-order valence-electron chi connectivity index (χ0n) is 16.7. The van der Waals surface area contributed by atoms with Crippen LogP contribution >= 0.6 is 0 Å². The van der Waals surface area contributed by atoms with Crippen LogP contribution in [-0.4, -0.2) is 62.8 Å². The lowest BCUT2D eigenvalue weighted by Gasteiger charge is -2.23. The normalized spacial score (nSPS) is 21.5. The predicted molar refractivity (Wildman–Crippen MR) is 110 cm³/mol. The third-order valence-electron chi connectivity index (χ3n) is 5.42. The number of carbonyl (C=O) groups excluding carboxylic acids is 1. The van der Waals surface area contributed by atoms with Crippen LogP contribution in [0.4, 0.5) is 0 Å². The van der Waals surface area contributed by atoms with E-state index >= 15 is 0 Å². The Kier molecular flexibility index (Phi) is 6.98. The van der Waals surface area contributed by atoms with Crippen LogP contribution in [0.15, 0.2) is 29.2 Å². The van der Waals surface area contributed by atoms with Gasteiger partial charge in [0.1, 0.15) is 6.04 Å². The fourth-order valence-electron chi connectivity index (χ4n) is 3.87. The van der Waals surface area contributed by atoms with Crippen molar-refractivity contribution < 1.29 is 21.6 Å². The first-order chi connectivity index (χ1) is 13.8. The Labute approximate surface area is 173 Å². The highest BCUT2D eigenvalue weighted by molar-refractivity contribution is 7.89. The van der Waals surface area contributed by atoms with E-state index in [-0.39, 0.29) is 23.1 Å². The first kappa shape index (κ1) is 22.2. The summed E-state index contributed by atoms with van der Waals surface area (Å²) in [4.78, 5) is 12.8. The maximum atomic E-state index is 12.6. The fraction of sp³-hybridized carbons (Fsp3) is 0.632. The number of rotatable bonds is 8. The molecule has 2 aliphatic rings. The van der Waals surface area contributed by atoms with Gasteiger partial charge >= 0.3 is 0 Å². The van der Waals surface area contributed by atoms with E-state index in [0.717, 1.165) is 18.4 Å². The van der Waals surface area contributed by atoms with Crippen molar-refractivity contribution in [2.24, 2.45) is 0 Å². The van der Waals surface area contributed by atoms with Crippen LogP contribution < -0.4 is 5.32 Å². The van der Waals surface area contributed by atoms with Gasteiger partial charge in [-0.3, -0.25) is 4.79 Å². The Morgan fingerprint density at radius 1 is 1.03 bits per heavy atom. The SMILES string of the molecule is CCCS(=O)(=O)N1CCCC1C(=O)NCc1ccc(S(=O)(=O)N2CCCC2)cc1. The third kappa shape index (κ3) is 4.99. The number of benzene rings is 1. The Morgan fingerprint density at radius 3 is 2.31 bits per heavy atom. The summed E-state index contributed by atoms with van der Waals surface area (Å²) in [5.41, 5.74) is 0.764. The van der Waals surface area contributed by atoms with Crippen molar-refractivity contribution in [1.82, 2.24) is 13.9 Å². The summed E-state index contributed by atoms with van der Waals surface area (Å²) in [6.45, 7) is 3.51. The van der Waals surface area contributed by atoms with Gasteiger partial charge in [-0.25, -0.2) is 16.8 Å². The number of nitrogens with one attached hydrogen (secondary N) is 1. The molecule has 1 aromatic carbocycles. The zero-order chi connectivity index (χ0) is 21.1. The molecule has 10 heteroatoms. The van der Waals surface area contributed by atoms with Gasteiger partial charge in [-0.15, -0.1) is 0 Å². The molecule has 1 N–H and O–H groups in total. The van der Waals surface area contributed by atoms with Crippen LogP contribution in [-0.2, 0) is 31.4 Å². The average molecular weight is 444 g/mol. The molecule has 0 saturated carbocycles. The van der Waals surface area contributed by atoms with Gasteiger partial charge in [0, 0.05) is 26.2 Å². The molecule has 0 radical (unpaired) electrons. The number of nitrogens with zero attached hydrogens (tertiary/aromatic N) is 2. The highest BCUT2D eigenvalue weighted by Crippen LogP contribution is 2.23. The van der Waals surface area contributed by atoms with E-state index in [2.05, 4.69) is 5.32 Å². The summed E-state index contributed by atoms with van der Waals surface area (Å²) in [6, 6.07) is 5.82. The molecule has 2 heterocycles. The van der Waals surface area contributed by atoms with Crippen molar-refractivity contribution in [2.75, 3.05) is 25.4 Å². The predicted octanol–water partition coefficient (Wildman–Crippen LogP) is 1.29. The zero-order valence-corrected chi connectivity index (χ0v) is 18.3. The number of amides is 1. The number of hydrogen-bond donors (Lipinski definition) is 1. The summed E-state index contributed by atoms with van der Waals surface area (Å²) < 4.78 is 52.6. The molecule has 1 amide bonds. The van der Waals surface area contributed by atoms with E-state index in [0.29, 0.717) is 38.9 Å².